The van der Waals surface area contributed by atoms with Gasteiger partial charge >= 0.3 is 5.97 Å². The molecule has 0 saturated carbocycles. The van der Waals surface area contributed by atoms with E-state index in [1.54, 1.807) is 6.92 Å². The highest BCUT2D eigenvalue weighted by molar-refractivity contribution is 7.91. The SMILES string of the molecule is CCS(=O)(=O)CCOc1cc(C)c(-c2cccc(COc3ccc(CCC(=O)O)cc3)c2)c(C)c1. The summed E-state index contributed by atoms with van der Waals surface area (Å²) in [6.07, 6.45) is 0.609. The molecule has 6 nitrogen and oxygen atoms in total. The summed E-state index contributed by atoms with van der Waals surface area (Å²) >= 11 is 0. The molecule has 0 amide bonds. The summed E-state index contributed by atoms with van der Waals surface area (Å²) in [5.41, 5.74) is 6.28. The van der Waals surface area contributed by atoms with E-state index in [4.69, 9.17) is 14.6 Å². The van der Waals surface area contributed by atoms with Gasteiger partial charge in [0.05, 0.1) is 5.75 Å². The number of hydrogen-bond donors (Lipinski definition) is 1. The number of ether oxygens (including phenoxy) is 2. The van der Waals surface area contributed by atoms with Gasteiger partial charge in [0.2, 0.25) is 0 Å². The van der Waals surface area contributed by atoms with Crippen molar-refractivity contribution in [3.05, 3.63) is 82.9 Å². The maximum Gasteiger partial charge on any atom is 0.303 e. The molecule has 0 aliphatic carbocycles. The van der Waals surface area contributed by atoms with E-state index in [2.05, 4.69) is 12.1 Å². The van der Waals surface area contributed by atoms with E-state index >= 15 is 0 Å². The first-order valence-electron chi connectivity index (χ1n) is 11.6. The van der Waals surface area contributed by atoms with Gasteiger partial charge in [-0.25, -0.2) is 8.42 Å². The average molecular weight is 497 g/mol. The zero-order valence-electron chi connectivity index (χ0n) is 20.4. The lowest BCUT2D eigenvalue weighted by molar-refractivity contribution is -0.136. The molecule has 0 fully saturated rings. The van der Waals surface area contributed by atoms with Crippen molar-refractivity contribution in [2.24, 2.45) is 0 Å². The van der Waals surface area contributed by atoms with Crippen LogP contribution in [0.4, 0.5) is 0 Å². The topological polar surface area (TPSA) is 89.9 Å². The molecular weight excluding hydrogens is 464 g/mol. The summed E-state index contributed by atoms with van der Waals surface area (Å²) in [7, 11) is -3.06. The van der Waals surface area contributed by atoms with E-state index in [0.717, 1.165) is 39.1 Å². The Bertz CT molecular complexity index is 1240. The van der Waals surface area contributed by atoms with E-state index in [0.29, 0.717) is 18.8 Å². The Morgan fingerprint density at radius 2 is 1.57 bits per heavy atom. The van der Waals surface area contributed by atoms with Gasteiger partial charge in [0.25, 0.3) is 0 Å². The predicted molar refractivity (Wildman–Crippen MR) is 138 cm³/mol. The number of hydrogen-bond acceptors (Lipinski definition) is 5. The van der Waals surface area contributed by atoms with Crippen LogP contribution in [0, 0.1) is 13.8 Å². The molecule has 0 radical (unpaired) electrons. The number of benzene rings is 3. The second-order valence-electron chi connectivity index (χ2n) is 8.54. The molecule has 0 atom stereocenters. The van der Waals surface area contributed by atoms with Crippen LogP contribution in [-0.2, 0) is 27.7 Å². The summed E-state index contributed by atoms with van der Waals surface area (Å²) < 4.78 is 35.0. The van der Waals surface area contributed by atoms with Crippen LogP contribution in [0.1, 0.15) is 35.6 Å². The summed E-state index contributed by atoms with van der Waals surface area (Å²) in [4.78, 5) is 10.7. The number of sulfone groups is 1. The molecule has 186 valence electrons. The smallest absolute Gasteiger partial charge is 0.303 e. The number of carboxylic acids is 1. The van der Waals surface area contributed by atoms with E-state index < -0.39 is 15.8 Å². The molecule has 1 N–H and O–H groups in total. The Hall–Kier alpha value is -3.32. The van der Waals surface area contributed by atoms with Gasteiger partial charge in [0.1, 0.15) is 24.7 Å². The fraction of sp³-hybridized carbons (Fsp3) is 0.321. The first-order valence-corrected chi connectivity index (χ1v) is 13.5. The lowest BCUT2D eigenvalue weighted by atomic mass is 9.94. The molecule has 3 aromatic rings. The lowest BCUT2D eigenvalue weighted by Gasteiger charge is -2.15. The molecule has 0 unspecified atom stereocenters. The van der Waals surface area contributed by atoms with E-state index in [-0.39, 0.29) is 24.5 Å². The van der Waals surface area contributed by atoms with Crippen LogP contribution < -0.4 is 9.47 Å². The van der Waals surface area contributed by atoms with E-state index in [9.17, 15) is 13.2 Å². The highest BCUT2D eigenvalue weighted by atomic mass is 32.2. The average Bonchev–Trinajstić information content (AvgIpc) is 2.82. The zero-order chi connectivity index (χ0) is 25.4. The molecule has 0 aliphatic rings. The fourth-order valence-corrected chi connectivity index (χ4v) is 4.51. The summed E-state index contributed by atoms with van der Waals surface area (Å²) in [5, 5.41) is 8.81. The van der Waals surface area contributed by atoms with Crippen molar-refractivity contribution in [1.82, 2.24) is 0 Å². The van der Waals surface area contributed by atoms with Gasteiger partial charge in [0.15, 0.2) is 9.84 Å². The predicted octanol–water partition coefficient (Wildman–Crippen LogP) is 5.38. The number of carbonyl (C=O) groups is 1. The molecule has 3 aromatic carbocycles. The van der Waals surface area contributed by atoms with Crippen molar-refractivity contribution < 1.29 is 27.8 Å². The maximum absolute atomic E-state index is 11.7. The number of aryl methyl sites for hydroxylation is 3. The second kappa shape index (κ2) is 11.9. The lowest BCUT2D eigenvalue weighted by Crippen LogP contribution is -2.15. The van der Waals surface area contributed by atoms with Crippen molar-refractivity contribution >= 4 is 15.8 Å². The monoisotopic (exact) mass is 496 g/mol. The Morgan fingerprint density at radius 1 is 0.886 bits per heavy atom. The summed E-state index contributed by atoms with van der Waals surface area (Å²) in [6.45, 7) is 6.23. The molecule has 0 bridgehead atoms. The van der Waals surface area contributed by atoms with Crippen LogP contribution in [-0.4, -0.2) is 37.6 Å². The largest absolute Gasteiger partial charge is 0.493 e. The van der Waals surface area contributed by atoms with Crippen molar-refractivity contribution in [3.63, 3.8) is 0 Å². The van der Waals surface area contributed by atoms with Crippen molar-refractivity contribution in [2.75, 3.05) is 18.1 Å². The minimum absolute atomic E-state index is 0.0104. The highest BCUT2D eigenvalue weighted by Gasteiger charge is 2.11. The molecule has 0 aliphatic heterocycles. The third-order valence-electron chi connectivity index (χ3n) is 5.78. The van der Waals surface area contributed by atoms with Gasteiger partial charge in [0, 0.05) is 12.2 Å². The van der Waals surface area contributed by atoms with Gasteiger partial charge in [-0.15, -0.1) is 0 Å². The molecule has 0 saturated heterocycles. The standard InChI is InChI=1S/C28H32O6S/c1-4-35(31,32)15-14-33-26-16-20(2)28(21(3)17-26)24-7-5-6-23(18-24)19-34-25-11-8-22(9-12-25)10-13-27(29)30/h5-9,11-12,16-18H,4,10,13-15,19H2,1-3H3,(H,29,30). The van der Waals surface area contributed by atoms with Gasteiger partial charge in [-0.3, -0.25) is 4.79 Å². The van der Waals surface area contributed by atoms with Crippen LogP contribution in [0.15, 0.2) is 60.7 Å². The Morgan fingerprint density at radius 3 is 2.20 bits per heavy atom. The zero-order valence-corrected chi connectivity index (χ0v) is 21.2. The maximum atomic E-state index is 11.7. The molecule has 7 heteroatoms. The third kappa shape index (κ3) is 7.86. The van der Waals surface area contributed by atoms with Gasteiger partial charge in [-0.05, 0) is 84.0 Å². The Labute approximate surface area is 207 Å². The van der Waals surface area contributed by atoms with Crippen LogP contribution in [0.3, 0.4) is 0 Å². The first-order chi connectivity index (χ1) is 16.7. The van der Waals surface area contributed by atoms with Gasteiger partial charge < -0.3 is 14.6 Å². The van der Waals surface area contributed by atoms with Gasteiger partial charge in [-0.2, -0.15) is 0 Å². The van der Waals surface area contributed by atoms with Crippen LogP contribution >= 0.6 is 0 Å². The number of aliphatic carboxylic acids is 1. The normalized spacial score (nSPS) is 11.3. The fourth-order valence-electron chi connectivity index (χ4n) is 3.88. The number of carboxylic acid groups (broad SMARTS) is 1. The Balaban J connectivity index is 1.66. The van der Waals surface area contributed by atoms with Crippen molar-refractivity contribution in [1.29, 1.82) is 0 Å². The first kappa shape index (κ1) is 26.3. The molecule has 0 spiro atoms. The van der Waals surface area contributed by atoms with Crippen molar-refractivity contribution in [3.8, 4) is 22.6 Å². The molecule has 0 aromatic heterocycles. The van der Waals surface area contributed by atoms with Crippen LogP contribution in [0.5, 0.6) is 11.5 Å². The number of rotatable bonds is 12. The summed E-state index contributed by atoms with van der Waals surface area (Å²) in [6, 6.07) is 19.6. The second-order valence-corrected chi connectivity index (χ2v) is 11.0. The quantitative estimate of drug-likeness (QED) is 0.362. The van der Waals surface area contributed by atoms with Gasteiger partial charge in [-0.1, -0.05) is 37.3 Å². The summed E-state index contributed by atoms with van der Waals surface area (Å²) in [5.74, 6) is 0.720. The third-order valence-corrected chi connectivity index (χ3v) is 7.45. The Kier molecular flexibility index (Phi) is 8.93. The van der Waals surface area contributed by atoms with Crippen LogP contribution in [0.25, 0.3) is 11.1 Å². The minimum Gasteiger partial charge on any atom is -0.493 e. The highest BCUT2D eigenvalue weighted by Crippen LogP contribution is 2.32. The minimum atomic E-state index is -3.06. The van der Waals surface area contributed by atoms with E-state index in [1.165, 1.54) is 0 Å². The van der Waals surface area contributed by atoms with Crippen LogP contribution in [0.2, 0.25) is 0 Å². The molecule has 0 heterocycles. The molecule has 3 rings (SSSR count). The molecule has 35 heavy (non-hydrogen) atoms. The molecular formula is C28H32O6S. The van der Waals surface area contributed by atoms with E-state index in [1.807, 2.05) is 62.4 Å². The van der Waals surface area contributed by atoms with Crippen molar-refractivity contribution in [2.45, 2.75) is 40.2 Å².